The number of aromatic carboxylic acids is 1. The number of carbonyl (C=O) groups is 2. The highest BCUT2D eigenvalue weighted by molar-refractivity contribution is 6.31. The van der Waals surface area contributed by atoms with Crippen LogP contribution in [0.15, 0.2) is 18.2 Å². The average molecular weight is 313 g/mol. The van der Waals surface area contributed by atoms with Gasteiger partial charge in [-0.1, -0.05) is 11.6 Å². The summed E-state index contributed by atoms with van der Waals surface area (Å²) in [7, 11) is 0. The quantitative estimate of drug-likeness (QED) is 0.880. The minimum absolute atomic E-state index is 0.0211. The van der Waals surface area contributed by atoms with Crippen LogP contribution >= 0.6 is 11.6 Å². The molecule has 0 bridgehead atoms. The minimum Gasteiger partial charge on any atom is -0.478 e. The molecule has 1 aliphatic rings. The second kappa shape index (κ2) is 6.78. The number of nitrogens with one attached hydrogen (secondary N) is 1. The van der Waals surface area contributed by atoms with Crippen LogP contribution in [0.25, 0.3) is 0 Å². The molecule has 1 unspecified atom stereocenters. The van der Waals surface area contributed by atoms with Crippen LogP contribution in [0.1, 0.15) is 23.7 Å². The summed E-state index contributed by atoms with van der Waals surface area (Å²) in [5.41, 5.74) is 0.396. The Balaban J connectivity index is 2.09. The van der Waals surface area contributed by atoms with E-state index < -0.39 is 5.97 Å². The zero-order valence-electron chi connectivity index (χ0n) is 11.6. The summed E-state index contributed by atoms with van der Waals surface area (Å²) in [6.45, 7) is 3.64. The molecule has 1 heterocycles. The van der Waals surface area contributed by atoms with Gasteiger partial charge in [0.2, 0.25) is 0 Å². The first-order valence-corrected chi connectivity index (χ1v) is 7.05. The van der Waals surface area contributed by atoms with Crippen LogP contribution in [-0.4, -0.2) is 47.8 Å². The maximum absolute atomic E-state index is 12.2. The number of carboxylic acid groups (broad SMARTS) is 1. The second-order valence-corrected chi connectivity index (χ2v) is 5.38. The van der Waals surface area contributed by atoms with Crippen molar-refractivity contribution < 1.29 is 19.4 Å². The van der Waals surface area contributed by atoms with Crippen molar-refractivity contribution >= 4 is 29.3 Å². The lowest BCUT2D eigenvalue weighted by Gasteiger charge is -2.22. The highest BCUT2D eigenvalue weighted by Gasteiger charge is 2.20. The van der Waals surface area contributed by atoms with Gasteiger partial charge in [0.1, 0.15) is 0 Å². The van der Waals surface area contributed by atoms with E-state index in [0.29, 0.717) is 25.4 Å². The van der Waals surface area contributed by atoms with Gasteiger partial charge in [0.25, 0.3) is 0 Å². The summed E-state index contributed by atoms with van der Waals surface area (Å²) in [5, 5.41) is 11.9. The Labute approximate surface area is 127 Å². The SMILES string of the molecule is CC1CN(C(=O)Nc2cc(Cl)cc(C(=O)O)c2)CCCO1. The smallest absolute Gasteiger partial charge is 0.335 e. The predicted molar refractivity (Wildman–Crippen MR) is 79.0 cm³/mol. The van der Waals surface area contributed by atoms with Gasteiger partial charge >= 0.3 is 12.0 Å². The lowest BCUT2D eigenvalue weighted by molar-refractivity contribution is 0.0696. The van der Waals surface area contributed by atoms with E-state index in [1.54, 1.807) is 4.90 Å². The average Bonchev–Trinajstić information content (AvgIpc) is 2.62. The molecule has 0 aromatic heterocycles. The van der Waals surface area contributed by atoms with Gasteiger partial charge in [-0.25, -0.2) is 9.59 Å². The van der Waals surface area contributed by atoms with Gasteiger partial charge in [0.05, 0.1) is 11.7 Å². The summed E-state index contributed by atoms with van der Waals surface area (Å²) >= 11 is 5.86. The number of carbonyl (C=O) groups excluding carboxylic acids is 1. The van der Waals surface area contributed by atoms with Gasteiger partial charge < -0.3 is 20.1 Å². The molecule has 1 aromatic rings. The summed E-state index contributed by atoms with van der Waals surface area (Å²) in [6.07, 6.45) is 0.750. The number of amides is 2. The Morgan fingerprint density at radius 3 is 2.90 bits per heavy atom. The molecule has 1 aromatic carbocycles. The van der Waals surface area contributed by atoms with E-state index in [1.165, 1.54) is 18.2 Å². The fraction of sp³-hybridized carbons (Fsp3) is 0.429. The predicted octanol–water partition coefficient (Wildman–Crippen LogP) is 2.68. The zero-order chi connectivity index (χ0) is 15.4. The van der Waals surface area contributed by atoms with Crippen molar-refractivity contribution in [2.75, 3.05) is 25.0 Å². The van der Waals surface area contributed by atoms with Gasteiger partial charge in [0.15, 0.2) is 0 Å². The molecule has 2 N–H and O–H groups in total. The van der Waals surface area contributed by atoms with Crippen LogP contribution in [0.4, 0.5) is 10.5 Å². The minimum atomic E-state index is -1.09. The van der Waals surface area contributed by atoms with Crippen LogP contribution < -0.4 is 5.32 Å². The number of hydrogen-bond acceptors (Lipinski definition) is 3. The summed E-state index contributed by atoms with van der Waals surface area (Å²) in [5.74, 6) is -1.09. The van der Waals surface area contributed by atoms with E-state index >= 15 is 0 Å². The maximum Gasteiger partial charge on any atom is 0.335 e. The summed E-state index contributed by atoms with van der Waals surface area (Å²) in [4.78, 5) is 24.9. The lowest BCUT2D eigenvalue weighted by atomic mass is 10.2. The lowest BCUT2D eigenvalue weighted by Crippen LogP contribution is -2.38. The first-order valence-electron chi connectivity index (χ1n) is 6.67. The molecular weight excluding hydrogens is 296 g/mol. The molecule has 1 atom stereocenters. The molecule has 114 valence electrons. The number of ether oxygens (including phenoxy) is 1. The van der Waals surface area contributed by atoms with E-state index in [2.05, 4.69) is 5.32 Å². The number of anilines is 1. The van der Waals surface area contributed by atoms with Crippen LogP contribution in [0.5, 0.6) is 0 Å². The van der Waals surface area contributed by atoms with E-state index in [9.17, 15) is 9.59 Å². The third-order valence-corrected chi connectivity index (χ3v) is 3.35. The standard InChI is InChI=1S/C14H17ClN2O4/c1-9-8-17(3-2-4-21-9)14(20)16-12-6-10(13(18)19)5-11(15)7-12/h5-7,9H,2-4,8H2,1H3,(H,16,20)(H,18,19). The highest BCUT2D eigenvalue weighted by Crippen LogP contribution is 2.20. The van der Waals surface area contributed by atoms with Crippen LogP contribution in [0.2, 0.25) is 5.02 Å². The number of benzene rings is 1. The normalized spacial score (nSPS) is 19.0. The van der Waals surface area contributed by atoms with Crippen molar-refractivity contribution in [1.29, 1.82) is 0 Å². The van der Waals surface area contributed by atoms with Crippen molar-refractivity contribution in [3.05, 3.63) is 28.8 Å². The van der Waals surface area contributed by atoms with Gasteiger partial charge in [0, 0.05) is 30.4 Å². The molecule has 6 nitrogen and oxygen atoms in total. The molecule has 0 radical (unpaired) electrons. The monoisotopic (exact) mass is 312 g/mol. The highest BCUT2D eigenvalue weighted by atomic mass is 35.5. The van der Waals surface area contributed by atoms with Crippen molar-refractivity contribution in [3.8, 4) is 0 Å². The molecule has 0 saturated carbocycles. The first-order chi connectivity index (χ1) is 9.95. The number of urea groups is 1. The first kappa shape index (κ1) is 15.6. The maximum atomic E-state index is 12.2. The number of halogens is 1. The molecular formula is C14H17ClN2O4. The van der Waals surface area contributed by atoms with Crippen molar-refractivity contribution in [1.82, 2.24) is 4.90 Å². The number of nitrogens with zero attached hydrogens (tertiary/aromatic N) is 1. The van der Waals surface area contributed by atoms with E-state index in [-0.39, 0.29) is 22.7 Å². The Hall–Kier alpha value is -1.79. The molecule has 7 heteroatoms. The van der Waals surface area contributed by atoms with Gasteiger partial charge in [-0.15, -0.1) is 0 Å². The Kier molecular flexibility index (Phi) is 5.03. The molecule has 1 saturated heterocycles. The second-order valence-electron chi connectivity index (χ2n) is 4.94. The van der Waals surface area contributed by atoms with Crippen LogP contribution in [0.3, 0.4) is 0 Å². The fourth-order valence-corrected chi connectivity index (χ4v) is 2.40. The zero-order valence-corrected chi connectivity index (χ0v) is 12.4. The molecule has 2 amide bonds. The van der Waals surface area contributed by atoms with Gasteiger partial charge in [-0.05, 0) is 31.5 Å². The number of hydrogen-bond donors (Lipinski definition) is 2. The van der Waals surface area contributed by atoms with Crippen LogP contribution in [0, 0.1) is 0 Å². The third-order valence-electron chi connectivity index (χ3n) is 3.14. The van der Waals surface area contributed by atoms with Crippen molar-refractivity contribution in [3.63, 3.8) is 0 Å². The molecule has 1 aliphatic heterocycles. The van der Waals surface area contributed by atoms with E-state index in [1.807, 2.05) is 6.92 Å². The largest absolute Gasteiger partial charge is 0.478 e. The molecule has 0 spiro atoms. The molecule has 0 aliphatic carbocycles. The van der Waals surface area contributed by atoms with Crippen LogP contribution in [-0.2, 0) is 4.74 Å². The van der Waals surface area contributed by atoms with Gasteiger partial charge in [-0.2, -0.15) is 0 Å². The Morgan fingerprint density at radius 1 is 1.43 bits per heavy atom. The topological polar surface area (TPSA) is 78.9 Å². The third kappa shape index (κ3) is 4.34. The van der Waals surface area contributed by atoms with E-state index in [4.69, 9.17) is 21.4 Å². The van der Waals surface area contributed by atoms with E-state index in [0.717, 1.165) is 6.42 Å². The molecule has 21 heavy (non-hydrogen) atoms. The summed E-state index contributed by atoms with van der Waals surface area (Å²) < 4.78 is 5.48. The Morgan fingerprint density at radius 2 is 2.19 bits per heavy atom. The number of carboxylic acids is 1. The molecule has 2 rings (SSSR count). The van der Waals surface area contributed by atoms with Gasteiger partial charge in [-0.3, -0.25) is 0 Å². The molecule has 1 fully saturated rings. The fourth-order valence-electron chi connectivity index (χ4n) is 2.17. The van der Waals surface area contributed by atoms with Crippen molar-refractivity contribution in [2.24, 2.45) is 0 Å². The number of rotatable bonds is 2. The Bertz CT molecular complexity index is 550. The van der Waals surface area contributed by atoms with Crippen molar-refractivity contribution in [2.45, 2.75) is 19.4 Å². The summed E-state index contributed by atoms with van der Waals surface area (Å²) in [6, 6.07) is 3.94.